The number of hydrogen-bond donors (Lipinski definition) is 1. The fraction of sp³-hybridized carbons (Fsp3) is 0.333. The molecule has 0 atom stereocenters. The highest BCUT2D eigenvalue weighted by Crippen LogP contribution is 2.28. The van der Waals surface area contributed by atoms with Crippen LogP contribution in [0.5, 0.6) is 5.75 Å². The molecule has 0 radical (unpaired) electrons. The number of aliphatic hydroxyl groups excluding tert-OH is 1. The summed E-state index contributed by atoms with van der Waals surface area (Å²) in [5, 5.41) is 8.97. The summed E-state index contributed by atoms with van der Waals surface area (Å²) in [4.78, 5) is 9.68. The average Bonchev–Trinajstić information content (AvgIpc) is 2.49. The first-order valence-electron chi connectivity index (χ1n) is 3.84. The molecule has 0 saturated heterocycles. The Morgan fingerprint density at radius 2 is 2.33 bits per heavy atom. The molecule has 1 aromatic carbocycles. The molecule has 0 aromatic heterocycles. The van der Waals surface area contributed by atoms with Crippen molar-refractivity contribution >= 4 is 0 Å². The molecule has 1 N–H and O–H groups in total. The molecule has 0 aliphatic carbocycles. The number of aryl methyl sites for hydroxylation is 1. The lowest BCUT2D eigenvalue weighted by atomic mass is 10.1. The van der Waals surface area contributed by atoms with Gasteiger partial charge in [0, 0.05) is 5.56 Å². The first kappa shape index (κ1) is 7.58. The Labute approximate surface area is 70.5 Å². The molecule has 12 heavy (non-hydrogen) atoms. The predicted molar refractivity (Wildman–Crippen MR) is 42.5 cm³/mol. The molecule has 0 unspecified atom stereocenters. The van der Waals surface area contributed by atoms with Gasteiger partial charge in [-0.2, -0.15) is 4.89 Å². The number of benzene rings is 1. The summed E-state index contributed by atoms with van der Waals surface area (Å²) in [5.74, 6) is 0.768. The van der Waals surface area contributed by atoms with Gasteiger partial charge >= 0.3 is 0 Å². The predicted octanol–water partition coefficient (Wildman–Crippen LogP) is 1.31. The smallest absolute Gasteiger partial charge is 0.171 e. The van der Waals surface area contributed by atoms with Crippen molar-refractivity contribution in [2.75, 3.05) is 0 Å². The highest BCUT2D eigenvalue weighted by molar-refractivity contribution is 5.42. The van der Waals surface area contributed by atoms with Crippen molar-refractivity contribution in [1.29, 1.82) is 0 Å². The molecular formula is C9H10O3. The standard InChI is InChI=1S/C9H10O3/c1-6-2-9-8(5-11-12-9)3-7(6)4-10/h2-3,10H,4-5H2,1H3. The van der Waals surface area contributed by atoms with Gasteiger partial charge in [0.15, 0.2) is 5.75 Å². The van der Waals surface area contributed by atoms with Gasteiger partial charge in [0.1, 0.15) is 6.61 Å². The van der Waals surface area contributed by atoms with Gasteiger partial charge in [-0.1, -0.05) is 0 Å². The van der Waals surface area contributed by atoms with Gasteiger partial charge in [-0.15, -0.1) is 0 Å². The van der Waals surface area contributed by atoms with Gasteiger partial charge in [0.25, 0.3) is 0 Å². The van der Waals surface area contributed by atoms with E-state index in [1.54, 1.807) is 0 Å². The van der Waals surface area contributed by atoms with Gasteiger partial charge in [-0.3, -0.25) is 0 Å². The lowest BCUT2D eigenvalue weighted by Crippen LogP contribution is -1.90. The van der Waals surface area contributed by atoms with Crippen molar-refractivity contribution < 1.29 is 14.9 Å². The summed E-state index contributed by atoms with van der Waals surface area (Å²) in [5.41, 5.74) is 2.97. The van der Waals surface area contributed by atoms with Crippen molar-refractivity contribution in [1.82, 2.24) is 0 Å². The molecule has 0 amide bonds. The van der Waals surface area contributed by atoms with Crippen molar-refractivity contribution in [2.45, 2.75) is 20.1 Å². The maximum absolute atomic E-state index is 8.97. The molecule has 1 heterocycles. The zero-order chi connectivity index (χ0) is 8.55. The first-order valence-corrected chi connectivity index (χ1v) is 3.84. The molecule has 0 saturated carbocycles. The third-order valence-corrected chi connectivity index (χ3v) is 2.05. The second-order valence-electron chi connectivity index (χ2n) is 2.89. The van der Waals surface area contributed by atoms with E-state index in [4.69, 9.17) is 14.9 Å². The fourth-order valence-electron chi connectivity index (χ4n) is 1.29. The Kier molecular flexibility index (Phi) is 1.75. The molecule has 1 aliphatic rings. The Balaban J connectivity index is 2.49. The molecule has 0 spiro atoms. The van der Waals surface area contributed by atoms with Crippen LogP contribution in [-0.4, -0.2) is 5.11 Å². The lowest BCUT2D eigenvalue weighted by Gasteiger charge is -2.03. The third kappa shape index (κ3) is 1.07. The minimum absolute atomic E-state index is 0.0686. The van der Waals surface area contributed by atoms with Gasteiger partial charge in [-0.05, 0) is 30.2 Å². The molecule has 0 bridgehead atoms. The van der Waals surface area contributed by atoms with Crippen molar-refractivity contribution in [3.8, 4) is 5.75 Å². The van der Waals surface area contributed by atoms with Crippen molar-refractivity contribution in [2.24, 2.45) is 0 Å². The fourth-order valence-corrected chi connectivity index (χ4v) is 1.29. The molecular weight excluding hydrogens is 156 g/mol. The zero-order valence-corrected chi connectivity index (χ0v) is 6.83. The highest BCUT2D eigenvalue weighted by atomic mass is 17.2. The number of hydrogen-bond acceptors (Lipinski definition) is 3. The van der Waals surface area contributed by atoms with Gasteiger partial charge < -0.3 is 9.99 Å². The molecule has 2 rings (SSSR count). The Morgan fingerprint density at radius 1 is 1.50 bits per heavy atom. The normalized spacial score (nSPS) is 14.2. The lowest BCUT2D eigenvalue weighted by molar-refractivity contribution is -0.194. The minimum atomic E-state index is 0.0686. The van der Waals surface area contributed by atoms with E-state index in [-0.39, 0.29) is 6.61 Å². The zero-order valence-electron chi connectivity index (χ0n) is 6.83. The molecule has 3 heteroatoms. The van der Waals surface area contributed by atoms with E-state index in [2.05, 4.69) is 0 Å². The van der Waals surface area contributed by atoms with Crippen LogP contribution in [0.25, 0.3) is 0 Å². The largest absolute Gasteiger partial charge is 0.392 e. The molecule has 1 aromatic rings. The third-order valence-electron chi connectivity index (χ3n) is 2.05. The van der Waals surface area contributed by atoms with Crippen molar-refractivity contribution in [3.63, 3.8) is 0 Å². The Bertz CT molecular complexity index is 306. The molecule has 64 valence electrons. The van der Waals surface area contributed by atoms with Crippen molar-refractivity contribution in [3.05, 3.63) is 28.8 Å². The van der Waals surface area contributed by atoms with E-state index < -0.39 is 0 Å². The van der Waals surface area contributed by atoms with Crippen LogP contribution >= 0.6 is 0 Å². The monoisotopic (exact) mass is 166 g/mol. The molecule has 0 fully saturated rings. The van der Waals surface area contributed by atoms with E-state index in [9.17, 15) is 0 Å². The second-order valence-corrected chi connectivity index (χ2v) is 2.89. The Morgan fingerprint density at radius 3 is 3.08 bits per heavy atom. The SMILES string of the molecule is Cc1cc2c(cc1CO)COO2. The van der Waals surface area contributed by atoms with E-state index in [0.29, 0.717) is 6.61 Å². The minimum Gasteiger partial charge on any atom is -0.392 e. The average molecular weight is 166 g/mol. The van der Waals surface area contributed by atoms with Gasteiger partial charge in [0.2, 0.25) is 0 Å². The van der Waals surface area contributed by atoms with Crippen LogP contribution in [0.3, 0.4) is 0 Å². The van der Waals surface area contributed by atoms with Crippen LogP contribution in [0, 0.1) is 6.92 Å². The van der Waals surface area contributed by atoms with E-state index in [1.165, 1.54) is 0 Å². The summed E-state index contributed by atoms with van der Waals surface area (Å²) in [6, 6.07) is 3.80. The van der Waals surface area contributed by atoms with Crippen LogP contribution in [-0.2, 0) is 18.1 Å². The number of rotatable bonds is 1. The molecule has 3 nitrogen and oxygen atoms in total. The van der Waals surface area contributed by atoms with Gasteiger partial charge in [0.05, 0.1) is 6.61 Å². The molecule has 1 aliphatic heterocycles. The number of aliphatic hydroxyl groups is 1. The van der Waals surface area contributed by atoms with Crippen LogP contribution in [0.4, 0.5) is 0 Å². The number of fused-ring (bicyclic) bond motifs is 1. The highest BCUT2D eigenvalue weighted by Gasteiger charge is 2.15. The Hall–Kier alpha value is -1.06. The van der Waals surface area contributed by atoms with Crippen LogP contribution < -0.4 is 4.89 Å². The summed E-state index contributed by atoms with van der Waals surface area (Å²) in [6.07, 6.45) is 0. The maximum atomic E-state index is 8.97. The summed E-state index contributed by atoms with van der Waals surface area (Å²) in [6.45, 7) is 2.48. The first-order chi connectivity index (χ1) is 5.81. The van der Waals surface area contributed by atoms with Crippen LogP contribution in [0.1, 0.15) is 16.7 Å². The summed E-state index contributed by atoms with van der Waals surface area (Å²) < 4.78 is 0. The van der Waals surface area contributed by atoms with E-state index >= 15 is 0 Å². The van der Waals surface area contributed by atoms with Gasteiger partial charge in [-0.25, -0.2) is 0 Å². The summed E-state index contributed by atoms with van der Waals surface area (Å²) in [7, 11) is 0. The quantitative estimate of drug-likeness (QED) is 0.639. The van der Waals surface area contributed by atoms with Crippen LogP contribution in [0.15, 0.2) is 12.1 Å². The maximum Gasteiger partial charge on any atom is 0.171 e. The topological polar surface area (TPSA) is 38.7 Å². The van der Waals surface area contributed by atoms with Crippen LogP contribution in [0.2, 0.25) is 0 Å². The second kappa shape index (κ2) is 2.77. The van der Waals surface area contributed by atoms with E-state index in [0.717, 1.165) is 22.4 Å². The summed E-state index contributed by atoms with van der Waals surface area (Å²) >= 11 is 0. The van der Waals surface area contributed by atoms with E-state index in [1.807, 2.05) is 19.1 Å².